The van der Waals surface area contributed by atoms with Crippen molar-refractivity contribution in [2.75, 3.05) is 0 Å². The SMILES string of the molecule is CCCCC[Si]1CCC(CCC2CCC(c3ccc(-c4cc(F)c(OC(F)F)c(F)c4)c(F)c3)CC2)CC1. The van der Waals surface area contributed by atoms with Crippen molar-refractivity contribution in [1.82, 2.24) is 0 Å². The topological polar surface area (TPSA) is 9.23 Å². The summed E-state index contributed by atoms with van der Waals surface area (Å²) in [6, 6.07) is 11.0. The molecule has 2 aliphatic rings. The Balaban J connectivity index is 1.25. The van der Waals surface area contributed by atoms with Crippen LogP contribution in [0.1, 0.15) is 89.0 Å². The van der Waals surface area contributed by atoms with Gasteiger partial charge < -0.3 is 4.74 Å². The Morgan fingerprint density at radius 3 is 2.03 bits per heavy atom. The van der Waals surface area contributed by atoms with Crippen molar-refractivity contribution in [2.24, 2.45) is 11.8 Å². The van der Waals surface area contributed by atoms with E-state index in [1.165, 1.54) is 75.2 Å². The van der Waals surface area contributed by atoms with Crippen LogP contribution in [-0.2, 0) is 0 Å². The van der Waals surface area contributed by atoms with Gasteiger partial charge in [0.1, 0.15) is 5.82 Å². The first kappa shape index (κ1) is 29.1. The highest BCUT2D eigenvalue weighted by Gasteiger charge is 2.26. The molecule has 0 bridgehead atoms. The smallest absolute Gasteiger partial charge is 0.387 e. The van der Waals surface area contributed by atoms with Crippen molar-refractivity contribution >= 4 is 8.80 Å². The molecule has 0 unspecified atom stereocenters. The van der Waals surface area contributed by atoms with Gasteiger partial charge in [-0.15, -0.1) is 0 Å². The summed E-state index contributed by atoms with van der Waals surface area (Å²) in [5, 5.41) is 0. The Hall–Kier alpha value is -1.89. The number of unbranched alkanes of at least 4 members (excludes halogenated alkanes) is 2. The quantitative estimate of drug-likeness (QED) is 0.153. The average molecular weight is 552 g/mol. The molecular formula is C31H40F5OSi. The molecular weight excluding hydrogens is 511 g/mol. The molecule has 0 N–H and O–H groups in total. The molecule has 4 rings (SSSR count). The Labute approximate surface area is 225 Å². The lowest BCUT2D eigenvalue weighted by Gasteiger charge is -2.32. The molecule has 0 aromatic heterocycles. The van der Waals surface area contributed by atoms with Gasteiger partial charge in [0.2, 0.25) is 0 Å². The highest BCUT2D eigenvalue weighted by molar-refractivity contribution is 6.58. The molecule has 1 aliphatic heterocycles. The first-order valence-corrected chi connectivity index (χ1v) is 16.5. The fourth-order valence-corrected chi connectivity index (χ4v) is 9.57. The molecule has 1 heterocycles. The normalized spacial score (nSPS) is 21.2. The molecule has 0 spiro atoms. The third-order valence-corrected chi connectivity index (χ3v) is 11.8. The fraction of sp³-hybridized carbons (Fsp3) is 0.613. The fourth-order valence-electron chi connectivity index (χ4n) is 6.44. The number of ether oxygens (including phenoxy) is 1. The van der Waals surface area contributed by atoms with Gasteiger partial charge >= 0.3 is 6.61 Å². The maximum Gasteiger partial charge on any atom is 0.387 e. The van der Waals surface area contributed by atoms with Gasteiger partial charge in [-0.05, 0) is 72.8 Å². The zero-order valence-electron chi connectivity index (χ0n) is 22.4. The van der Waals surface area contributed by atoms with Crippen molar-refractivity contribution in [3.8, 4) is 16.9 Å². The summed E-state index contributed by atoms with van der Waals surface area (Å²) < 4.78 is 71.9. The van der Waals surface area contributed by atoms with Crippen LogP contribution in [0, 0.1) is 29.3 Å². The Morgan fingerprint density at radius 2 is 1.45 bits per heavy atom. The summed E-state index contributed by atoms with van der Waals surface area (Å²) in [5.74, 6) is -2.35. The van der Waals surface area contributed by atoms with Gasteiger partial charge in [0.05, 0.1) is 0 Å². The third kappa shape index (κ3) is 7.83. The molecule has 1 nitrogen and oxygen atoms in total. The first-order valence-electron chi connectivity index (χ1n) is 14.4. The molecule has 2 aromatic carbocycles. The highest BCUT2D eigenvalue weighted by atomic mass is 28.3. The molecule has 7 heteroatoms. The number of hydrogen-bond acceptors (Lipinski definition) is 1. The lowest BCUT2D eigenvalue weighted by molar-refractivity contribution is -0.0546. The molecule has 38 heavy (non-hydrogen) atoms. The van der Waals surface area contributed by atoms with Gasteiger partial charge in [-0.1, -0.05) is 82.1 Å². The van der Waals surface area contributed by atoms with Gasteiger partial charge in [-0.2, -0.15) is 8.78 Å². The van der Waals surface area contributed by atoms with Crippen molar-refractivity contribution in [2.45, 2.75) is 108 Å². The molecule has 2 aromatic rings. The molecule has 1 saturated carbocycles. The zero-order chi connectivity index (χ0) is 27.1. The summed E-state index contributed by atoms with van der Waals surface area (Å²) in [7, 11) is -0.0682. The Morgan fingerprint density at radius 1 is 0.816 bits per heavy atom. The van der Waals surface area contributed by atoms with Crippen LogP contribution < -0.4 is 4.74 Å². The maximum atomic E-state index is 15.0. The predicted molar refractivity (Wildman–Crippen MR) is 145 cm³/mol. The maximum absolute atomic E-state index is 15.0. The summed E-state index contributed by atoms with van der Waals surface area (Å²) in [6.45, 7) is -1.07. The van der Waals surface area contributed by atoms with Gasteiger partial charge in [0, 0.05) is 14.4 Å². The van der Waals surface area contributed by atoms with Crippen LogP contribution >= 0.6 is 0 Å². The summed E-state index contributed by atoms with van der Waals surface area (Å²) in [5.41, 5.74) is 0.894. The van der Waals surface area contributed by atoms with E-state index in [0.717, 1.165) is 55.2 Å². The Bertz CT molecular complexity index is 1010. The van der Waals surface area contributed by atoms with E-state index in [1.54, 1.807) is 0 Å². The monoisotopic (exact) mass is 551 g/mol. The first-order chi connectivity index (χ1) is 18.3. The molecule has 0 atom stereocenters. The summed E-state index contributed by atoms with van der Waals surface area (Å²) in [6.07, 6.45) is 14.1. The van der Waals surface area contributed by atoms with Crippen LogP contribution in [0.4, 0.5) is 22.0 Å². The summed E-state index contributed by atoms with van der Waals surface area (Å²) >= 11 is 0. The lowest BCUT2D eigenvalue weighted by atomic mass is 9.76. The van der Waals surface area contributed by atoms with Crippen molar-refractivity contribution < 1.29 is 26.7 Å². The minimum Gasteiger partial charge on any atom is -0.429 e. The predicted octanol–water partition coefficient (Wildman–Crippen LogP) is 10.5. The molecule has 209 valence electrons. The van der Waals surface area contributed by atoms with E-state index >= 15 is 0 Å². The van der Waals surface area contributed by atoms with E-state index in [-0.39, 0.29) is 25.8 Å². The number of hydrogen-bond donors (Lipinski definition) is 0. The third-order valence-electron chi connectivity index (χ3n) is 8.76. The summed E-state index contributed by atoms with van der Waals surface area (Å²) in [4.78, 5) is 0. The second-order valence-corrected chi connectivity index (χ2v) is 14.3. The zero-order valence-corrected chi connectivity index (χ0v) is 23.4. The van der Waals surface area contributed by atoms with Crippen LogP contribution in [0.25, 0.3) is 11.1 Å². The second-order valence-electron chi connectivity index (χ2n) is 11.3. The lowest BCUT2D eigenvalue weighted by Crippen LogP contribution is -2.22. The van der Waals surface area contributed by atoms with Crippen molar-refractivity contribution in [3.05, 3.63) is 53.3 Å². The van der Waals surface area contributed by atoms with Gasteiger partial charge in [0.25, 0.3) is 0 Å². The average Bonchev–Trinajstić information content (AvgIpc) is 2.90. The Kier molecular flexibility index (Phi) is 10.7. The largest absolute Gasteiger partial charge is 0.429 e. The van der Waals surface area contributed by atoms with Crippen molar-refractivity contribution in [3.63, 3.8) is 0 Å². The molecule has 0 amide bonds. The van der Waals surface area contributed by atoms with Crippen LogP contribution in [0.2, 0.25) is 18.1 Å². The van der Waals surface area contributed by atoms with E-state index in [2.05, 4.69) is 11.7 Å². The highest BCUT2D eigenvalue weighted by Crippen LogP contribution is 2.41. The molecule has 2 fully saturated rings. The molecule has 1 radical (unpaired) electrons. The minimum absolute atomic E-state index is 0.0335. The van der Waals surface area contributed by atoms with Crippen LogP contribution in [0.15, 0.2) is 30.3 Å². The van der Waals surface area contributed by atoms with Crippen LogP contribution in [0.3, 0.4) is 0 Å². The second kappa shape index (κ2) is 13.9. The molecule has 1 saturated heterocycles. The van der Waals surface area contributed by atoms with E-state index in [4.69, 9.17) is 0 Å². The number of rotatable bonds is 11. The minimum atomic E-state index is -3.35. The van der Waals surface area contributed by atoms with Gasteiger partial charge in [-0.3, -0.25) is 0 Å². The van der Waals surface area contributed by atoms with E-state index in [9.17, 15) is 22.0 Å². The number of alkyl halides is 2. The van der Waals surface area contributed by atoms with Crippen LogP contribution in [-0.4, -0.2) is 15.4 Å². The van der Waals surface area contributed by atoms with Crippen LogP contribution in [0.5, 0.6) is 5.75 Å². The van der Waals surface area contributed by atoms with Gasteiger partial charge in [-0.25, -0.2) is 13.2 Å². The van der Waals surface area contributed by atoms with E-state index in [0.29, 0.717) is 0 Å². The molecule has 1 aliphatic carbocycles. The van der Waals surface area contributed by atoms with E-state index < -0.39 is 29.8 Å². The number of benzene rings is 2. The van der Waals surface area contributed by atoms with Gasteiger partial charge in [0.15, 0.2) is 17.4 Å². The standard InChI is InChI=1S/C31H40F5OSi/c1-2-3-4-15-38-16-13-22(14-17-38)6-5-21-7-9-23(10-8-21)24-11-12-26(27(32)18-24)25-19-28(33)30(29(34)20-25)37-31(35)36/h11-12,18-23,31H,2-10,13-17H2,1H3. The van der Waals surface area contributed by atoms with E-state index in [1.807, 2.05) is 6.07 Å². The van der Waals surface area contributed by atoms with Crippen molar-refractivity contribution in [1.29, 1.82) is 0 Å². The number of halogens is 5.